The Balaban J connectivity index is 2.10. The number of halogens is 1. The quantitative estimate of drug-likeness (QED) is 0.781. The SMILES string of the molecule is CC(C)(C)OC(=O)N1CCC[C@H]1c1csc(Br)n1. The highest BCUT2D eigenvalue weighted by molar-refractivity contribution is 9.11. The van der Waals surface area contributed by atoms with Crippen LogP contribution in [0.2, 0.25) is 0 Å². The average Bonchev–Trinajstić information content (AvgIpc) is 2.81. The van der Waals surface area contributed by atoms with E-state index in [0.717, 1.165) is 29.0 Å². The molecule has 1 aromatic rings. The molecule has 0 aromatic carbocycles. The largest absolute Gasteiger partial charge is 0.444 e. The topological polar surface area (TPSA) is 42.4 Å². The van der Waals surface area contributed by atoms with E-state index in [9.17, 15) is 4.79 Å². The first-order chi connectivity index (χ1) is 8.37. The third kappa shape index (κ3) is 3.23. The third-order valence-corrected chi connectivity index (χ3v) is 4.10. The number of rotatable bonds is 1. The summed E-state index contributed by atoms with van der Waals surface area (Å²) in [7, 11) is 0. The summed E-state index contributed by atoms with van der Waals surface area (Å²) in [4.78, 5) is 18.3. The summed E-state index contributed by atoms with van der Waals surface area (Å²) in [6, 6.07) is 0.0578. The van der Waals surface area contributed by atoms with E-state index in [0.29, 0.717) is 0 Å². The number of amides is 1. The van der Waals surface area contributed by atoms with Crippen LogP contribution in [-0.2, 0) is 4.74 Å². The molecule has 2 rings (SSSR count). The highest BCUT2D eigenvalue weighted by Gasteiger charge is 2.34. The van der Waals surface area contributed by atoms with E-state index in [-0.39, 0.29) is 12.1 Å². The van der Waals surface area contributed by atoms with Crippen LogP contribution in [-0.4, -0.2) is 28.1 Å². The molecule has 0 saturated carbocycles. The van der Waals surface area contributed by atoms with Crippen LogP contribution in [0.5, 0.6) is 0 Å². The lowest BCUT2D eigenvalue weighted by Gasteiger charge is -2.27. The number of carbonyl (C=O) groups excluding carboxylic acids is 1. The standard InChI is InChI=1S/C12H17BrN2O2S/c1-12(2,3)17-11(16)15-6-4-5-9(15)8-7-18-10(13)14-8/h7,9H,4-6H2,1-3H3/t9-/m0/s1. The van der Waals surface area contributed by atoms with Crippen LogP contribution in [0.1, 0.15) is 45.3 Å². The lowest BCUT2D eigenvalue weighted by Crippen LogP contribution is -2.36. The van der Waals surface area contributed by atoms with Gasteiger partial charge >= 0.3 is 6.09 Å². The van der Waals surface area contributed by atoms with E-state index in [2.05, 4.69) is 20.9 Å². The normalized spacial score (nSPS) is 20.2. The maximum absolute atomic E-state index is 12.1. The molecule has 0 unspecified atom stereocenters. The fraction of sp³-hybridized carbons (Fsp3) is 0.667. The van der Waals surface area contributed by atoms with Crippen molar-refractivity contribution in [3.05, 3.63) is 15.0 Å². The van der Waals surface area contributed by atoms with Gasteiger partial charge < -0.3 is 4.74 Å². The van der Waals surface area contributed by atoms with Crippen LogP contribution < -0.4 is 0 Å². The summed E-state index contributed by atoms with van der Waals surface area (Å²) in [6.07, 6.45) is 1.71. The number of hydrogen-bond donors (Lipinski definition) is 0. The van der Waals surface area contributed by atoms with E-state index in [1.165, 1.54) is 0 Å². The summed E-state index contributed by atoms with van der Waals surface area (Å²) in [5.41, 5.74) is 0.502. The molecule has 4 nitrogen and oxygen atoms in total. The summed E-state index contributed by atoms with van der Waals surface area (Å²) < 4.78 is 6.29. The van der Waals surface area contributed by atoms with E-state index >= 15 is 0 Å². The van der Waals surface area contributed by atoms with E-state index in [4.69, 9.17) is 4.74 Å². The van der Waals surface area contributed by atoms with Crippen molar-refractivity contribution >= 4 is 33.4 Å². The van der Waals surface area contributed by atoms with Crippen molar-refractivity contribution in [3.8, 4) is 0 Å². The van der Waals surface area contributed by atoms with Gasteiger partial charge in [0.05, 0.1) is 11.7 Å². The molecule has 1 atom stereocenters. The Bertz CT molecular complexity index is 442. The van der Waals surface area contributed by atoms with Crippen molar-refractivity contribution in [1.29, 1.82) is 0 Å². The van der Waals surface area contributed by atoms with Crippen LogP contribution in [0.4, 0.5) is 4.79 Å². The van der Waals surface area contributed by atoms with Crippen LogP contribution in [0, 0.1) is 0 Å². The second kappa shape index (κ2) is 5.17. The first-order valence-corrected chi connectivity index (χ1v) is 7.64. The van der Waals surface area contributed by atoms with Gasteiger partial charge in [-0.1, -0.05) is 0 Å². The number of carbonyl (C=O) groups is 1. The van der Waals surface area contributed by atoms with E-state index in [1.54, 1.807) is 16.2 Å². The van der Waals surface area contributed by atoms with Gasteiger partial charge in [0, 0.05) is 11.9 Å². The minimum atomic E-state index is -0.452. The second-order valence-electron chi connectivity index (χ2n) is 5.36. The number of aromatic nitrogens is 1. The van der Waals surface area contributed by atoms with E-state index < -0.39 is 5.60 Å². The lowest BCUT2D eigenvalue weighted by molar-refractivity contribution is 0.0222. The van der Waals surface area contributed by atoms with Gasteiger partial charge in [0.1, 0.15) is 5.60 Å². The number of thiazole rings is 1. The monoisotopic (exact) mass is 332 g/mol. The Morgan fingerprint density at radius 1 is 1.61 bits per heavy atom. The number of hydrogen-bond acceptors (Lipinski definition) is 4. The van der Waals surface area contributed by atoms with Crippen molar-refractivity contribution in [3.63, 3.8) is 0 Å². The van der Waals surface area contributed by atoms with Crippen molar-refractivity contribution in [2.45, 2.75) is 45.3 Å². The first kappa shape index (κ1) is 13.8. The first-order valence-electron chi connectivity index (χ1n) is 5.97. The molecular weight excluding hydrogens is 316 g/mol. The molecule has 1 aromatic heterocycles. The number of likely N-dealkylation sites (tertiary alicyclic amines) is 1. The fourth-order valence-corrected chi connectivity index (χ4v) is 3.10. The Morgan fingerprint density at radius 2 is 2.33 bits per heavy atom. The number of ether oxygens (including phenoxy) is 1. The molecular formula is C12H17BrN2O2S. The Kier molecular flexibility index (Phi) is 3.96. The van der Waals surface area contributed by atoms with Crippen molar-refractivity contribution in [1.82, 2.24) is 9.88 Å². The highest BCUT2D eigenvalue weighted by atomic mass is 79.9. The van der Waals surface area contributed by atoms with Crippen molar-refractivity contribution < 1.29 is 9.53 Å². The summed E-state index contributed by atoms with van der Waals surface area (Å²) in [5, 5.41) is 2.00. The fourth-order valence-electron chi connectivity index (χ4n) is 2.03. The molecule has 0 aliphatic carbocycles. The number of nitrogens with zero attached hydrogens (tertiary/aromatic N) is 2. The molecule has 0 radical (unpaired) electrons. The predicted octanol–water partition coefficient (Wildman–Crippen LogP) is 3.98. The third-order valence-electron chi connectivity index (χ3n) is 2.72. The molecule has 0 N–H and O–H groups in total. The minimum absolute atomic E-state index is 0.0578. The molecule has 6 heteroatoms. The van der Waals surface area contributed by atoms with Crippen molar-refractivity contribution in [2.24, 2.45) is 0 Å². The smallest absolute Gasteiger partial charge is 0.410 e. The van der Waals surface area contributed by atoms with Crippen LogP contribution >= 0.6 is 27.3 Å². The van der Waals surface area contributed by atoms with Gasteiger partial charge in [-0.05, 0) is 49.5 Å². The molecule has 1 aliphatic rings. The Hall–Kier alpha value is -0.620. The molecule has 100 valence electrons. The summed E-state index contributed by atoms with van der Waals surface area (Å²) in [5.74, 6) is 0. The lowest BCUT2D eigenvalue weighted by atomic mass is 10.2. The summed E-state index contributed by atoms with van der Waals surface area (Å²) in [6.45, 7) is 6.40. The zero-order valence-electron chi connectivity index (χ0n) is 10.8. The predicted molar refractivity (Wildman–Crippen MR) is 74.7 cm³/mol. The summed E-state index contributed by atoms with van der Waals surface area (Å²) >= 11 is 4.90. The Labute approximate surface area is 119 Å². The molecule has 18 heavy (non-hydrogen) atoms. The van der Waals surface area contributed by atoms with Gasteiger partial charge in [0.15, 0.2) is 3.92 Å². The zero-order chi connectivity index (χ0) is 13.3. The zero-order valence-corrected chi connectivity index (χ0v) is 13.2. The van der Waals surface area contributed by atoms with Crippen LogP contribution in [0.3, 0.4) is 0 Å². The van der Waals surface area contributed by atoms with Gasteiger partial charge in [-0.2, -0.15) is 0 Å². The Morgan fingerprint density at radius 3 is 2.89 bits per heavy atom. The maximum atomic E-state index is 12.1. The van der Waals surface area contributed by atoms with Crippen LogP contribution in [0.15, 0.2) is 9.30 Å². The van der Waals surface area contributed by atoms with E-state index in [1.807, 2.05) is 26.2 Å². The van der Waals surface area contributed by atoms with Crippen molar-refractivity contribution in [2.75, 3.05) is 6.54 Å². The van der Waals surface area contributed by atoms with Gasteiger partial charge in [-0.3, -0.25) is 4.90 Å². The van der Waals surface area contributed by atoms with Gasteiger partial charge in [0.2, 0.25) is 0 Å². The van der Waals surface area contributed by atoms with Gasteiger partial charge in [-0.25, -0.2) is 9.78 Å². The molecule has 1 aliphatic heterocycles. The van der Waals surface area contributed by atoms with Crippen LogP contribution in [0.25, 0.3) is 0 Å². The minimum Gasteiger partial charge on any atom is -0.444 e. The molecule has 0 spiro atoms. The molecule has 0 bridgehead atoms. The molecule has 1 amide bonds. The average molecular weight is 333 g/mol. The molecule has 2 heterocycles. The highest BCUT2D eigenvalue weighted by Crippen LogP contribution is 2.34. The molecule has 1 saturated heterocycles. The van der Waals surface area contributed by atoms with Gasteiger partial charge in [0.25, 0.3) is 0 Å². The maximum Gasteiger partial charge on any atom is 0.410 e. The molecule has 1 fully saturated rings. The van der Waals surface area contributed by atoms with Gasteiger partial charge in [-0.15, -0.1) is 11.3 Å². The second-order valence-corrected chi connectivity index (χ2v) is 7.49.